The van der Waals surface area contributed by atoms with E-state index in [1.54, 1.807) is 6.92 Å². The Morgan fingerprint density at radius 1 is 0.741 bits per heavy atom. The minimum Gasteiger partial charge on any atom is -0.481 e. The fourth-order valence-electron chi connectivity index (χ4n) is 2.79. The highest BCUT2D eigenvalue weighted by molar-refractivity contribution is 5.69. The monoisotopic (exact) mass is 384 g/mol. The van der Waals surface area contributed by atoms with Crippen molar-refractivity contribution in [2.75, 3.05) is 0 Å². The van der Waals surface area contributed by atoms with Crippen molar-refractivity contribution in [2.45, 2.75) is 123 Å². The highest BCUT2D eigenvalue weighted by atomic mass is 16.5. The molecule has 0 aromatic heterocycles. The summed E-state index contributed by atoms with van der Waals surface area (Å²) in [5.74, 6) is -0.894. The van der Waals surface area contributed by atoms with Crippen molar-refractivity contribution in [1.29, 1.82) is 0 Å². The van der Waals surface area contributed by atoms with Crippen molar-refractivity contribution in [3.63, 3.8) is 0 Å². The van der Waals surface area contributed by atoms with Gasteiger partial charge in [0.2, 0.25) is 0 Å². The molecule has 160 valence electrons. The van der Waals surface area contributed by atoms with Crippen LogP contribution in [0.1, 0.15) is 123 Å². The molecule has 27 heavy (non-hydrogen) atoms. The SMILES string of the molecule is C=COC(=O)CCCCCCCCCCCCCCCCC.CCC(=O)O. The highest BCUT2D eigenvalue weighted by Gasteiger charge is 2.00. The van der Waals surface area contributed by atoms with Crippen LogP contribution < -0.4 is 0 Å². The summed E-state index contributed by atoms with van der Waals surface area (Å²) in [6.45, 7) is 7.25. The third-order valence-corrected chi connectivity index (χ3v) is 4.50. The van der Waals surface area contributed by atoms with E-state index >= 15 is 0 Å². The first kappa shape index (κ1) is 27.9. The van der Waals surface area contributed by atoms with Crippen LogP contribution in [0.3, 0.4) is 0 Å². The van der Waals surface area contributed by atoms with Gasteiger partial charge < -0.3 is 9.84 Å². The maximum Gasteiger partial charge on any atom is 0.310 e. The lowest BCUT2D eigenvalue weighted by molar-refractivity contribution is -0.138. The lowest BCUT2D eigenvalue weighted by atomic mass is 10.0. The van der Waals surface area contributed by atoms with E-state index in [1.165, 1.54) is 89.7 Å². The third-order valence-electron chi connectivity index (χ3n) is 4.50. The van der Waals surface area contributed by atoms with E-state index in [9.17, 15) is 9.59 Å². The van der Waals surface area contributed by atoms with Crippen molar-refractivity contribution < 1.29 is 19.4 Å². The molecule has 0 aromatic carbocycles. The third kappa shape index (κ3) is 29.7. The Hall–Kier alpha value is -1.32. The van der Waals surface area contributed by atoms with Gasteiger partial charge in [-0.05, 0) is 6.42 Å². The average molecular weight is 385 g/mol. The van der Waals surface area contributed by atoms with E-state index in [0.717, 1.165) is 12.8 Å². The van der Waals surface area contributed by atoms with Gasteiger partial charge >= 0.3 is 11.9 Å². The van der Waals surface area contributed by atoms with E-state index in [1.807, 2.05) is 0 Å². The Bertz CT molecular complexity index is 339. The van der Waals surface area contributed by atoms with Gasteiger partial charge in [0.15, 0.2) is 0 Å². The summed E-state index contributed by atoms with van der Waals surface area (Å²) in [6, 6.07) is 0. The number of hydrogen-bond donors (Lipinski definition) is 1. The van der Waals surface area contributed by atoms with Gasteiger partial charge in [-0.3, -0.25) is 9.59 Å². The fraction of sp³-hybridized carbons (Fsp3) is 0.826. The first-order chi connectivity index (χ1) is 13.1. The molecule has 0 rings (SSSR count). The molecular formula is C23H44O4. The van der Waals surface area contributed by atoms with E-state index in [4.69, 9.17) is 5.11 Å². The van der Waals surface area contributed by atoms with Crippen LogP contribution in [-0.4, -0.2) is 17.0 Å². The van der Waals surface area contributed by atoms with Gasteiger partial charge in [-0.25, -0.2) is 0 Å². The zero-order valence-electron chi connectivity index (χ0n) is 18.0. The summed E-state index contributed by atoms with van der Waals surface area (Å²) >= 11 is 0. The molecule has 0 saturated carbocycles. The summed E-state index contributed by atoms with van der Waals surface area (Å²) in [7, 11) is 0. The topological polar surface area (TPSA) is 63.6 Å². The molecule has 4 heteroatoms. The lowest BCUT2D eigenvalue weighted by Gasteiger charge is -2.03. The van der Waals surface area contributed by atoms with E-state index < -0.39 is 5.97 Å². The second-order valence-electron chi connectivity index (χ2n) is 7.10. The number of esters is 1. The van der Waals surface area contributed by atoms with Crippen LogP contribution in [0.2, 0.25) is 0 Å². The van der Waals surface area contributed by atoms with Crippen LogP contribution in [0.4, 0.5) is 0 Å². The molecule has 0 bridgehead atoms. The summed E-state index contributed by atoms with van der Waals surface area (Å²) < 4.78 is 4.69. The van der Waals surface area contributed by atoms with Crippen molar-refractivity contribution in [3.8, 4) is 0 Å². The molecule has 0 fully saturated rings. The molecule has 0 amide bonds. The highest BCUT2D eigenvalue weighted by Crippen LogP contribution is 2.13. The predicted octanol–water partition coefficient (Wildman–Crippen LogP) is 7.42. The van der Waals surface area contributed by atoms with Crippen LogP contribution in [0, 0.1) is 0 Å². The van der Waals surface area contributed by atoms with Gasteiger partial charge in [0.1, 0.15) is 0 Å². The molecule has 0 aliphatic rings. The maximum atomic E-state index is 11.1. The van der Waals surface area contributed by atoms with Gasteiger partial charge in [-0.2, -0.15) is 0 Å². The number of aliphatic carboxylic acids is 1. The quantitative estimate of drug-likeness (QED) is 0.152. The lowest BCUT2D eigenvalue weighted by Crippen LogP contribution is -1.98. The zero-order chi connectivity index (χ0) is 20.6. The molecule has 0 atom stereocenters. The number of carbonyl (C=O) groups is 2. The van der Waals surface area contributed by atoms with Crippen LogP contribution in [0.25, 0.3) is 0 Å². The maximum absolute atomic E-state index is 11.1. The summed E-state index contributed by atoms with van der Waals surface area (Å²) in [6.07, 6.45) is 22.1. The number of rotatable bonds is 18. The molecule has 0 heterocycles. The Balaban J connectivity index is 0. The number of carboxylic acid groups (broad SMARTS) is 1. The number of unbranched alkanes of at least 4 members (excludes halogenated alkanes) is 14. The minimum absolute atomic E-state index is 0.148. The largest absolute Gasteiger partial charge is 0.481 e. The van der Waals surface area contributed by atoms with Gasteiger partial charge in [-0.1, -0.05) is 110 Å². The van der Waals surface area contributed by atoms with Gasteiger partial charge in [0.25, 0.3) is 0 Å². The average Bonchev–Trinajstić information content (AvgIpc) is 2.65. The normalized spacial score (nSPS) is 10.0. The molecule has 1 N–H and O–H groups in total. The number of carboxylic acids is 1. The predicted molar refractivity (Wildman–Crippen MR) is 114 cm³/mol. The summed E-state index contributed by atoms with van der Waals surface area (Å²) in [4.78, 5) is 20.5. The van der Waals surface area contributed by atoms with Gasteiger partial charge in [0, 0.05) is 12.8 Å². The summed E-state index contributed by atoms with van der Waals surface area (Å²) in [5, 5.41) is 7.72. The molecule has 0 saturated heterocycles. The number of hydrogen-bond acceptors (Lipinski definition) is 3. The Morgan fingerprint density at radius 3 is 1.37 bits per heavy atom. The molecule has 0 spiro atoms. The smallest absolute Gasteiger partial charge is 0.310 e. The molecule has 0 aliphatic carbocycles. The van der Waals surface area contributed by atoms with E-state index in [0.29, 0.717) is 6.42 Å². The van der Waals surface area contributed by atoms with E-state index in [2.05, 4.69) is 18.2 Å². The van der Waals surface area contributed by atoms with Crippen molar-refractivity contribution in [2.24, 2.45) is 0 Å². The Kier molecular flexibility index (Phi) is 25.5. The van der Waals surface area contributed by atoms with Crippen LogP contribution in [0.15, 0.2) is 12.8 Å². The number of ether oxygens (including phenoxy) is 1. The standard InChI is InChI=1S/C20H38O2.C3H6O2/c1-3-5-6-7-8-9-10-11-12-13-14-15-16-17-18-19-20(21)22-4-2;1-2-3(4)5/h4H,2-3,5-19H2,1H3;2H2,1H3,(H,4,5). The second kappa shape index (κ2) is 24.7. The molecule has 4 nitrogen and oxygen atoms in total. The van der Waals surface area contributed by atoms with Crippen LogP contribution >= 0.6 is 0 Å². The Morgan fingerprint density at radius 2 is 1.07 bits per heavy atom. The molecule has 0 unspecified atom stereocenters. The van der Waals surface area contributed by atoms with Gasteiger partial charge in [-0.15, -0.1) is 0 Å². The van der Waals surface area contributed by atoms with Gasteiger partial charge in [0.05, 0.1) is 6.26 Å². The molecule has 0 radical (unpaired) electrons. The zero-order valence-corrected chi connectivity index (χ0v) is 18.0. The van der Waals surface area contributed by atoms with Crippen molar-refractivity contribution in [3.05, 3.63) is 12.8 Å². The van der Waals surface area contributed by atoms with Crippen LogP contribution in [-0.2, 0) is 14.3 Å². The minimum atomic E-state index is -0.745. The fourth-order valence-corrected chi connectivity index (χ4v) is 2.79. The molecule has 0 aliphatic heterocycles. The molecule has 0 aromatic rings. The number of carbonyl (C=O) groups excluding carboxylic acids is 1. The van der Waals surface area contributed by atoms with Crippen molar-refractivity contribution >= 4 is 11.9 Å². The van der Waals surface area contributed by atoms with E-state index in [-0.39, 0.29) is 12.4 Å². The first-order valence-corrected chi connectivity index (χ1v) is 11.1. The molecular weight excluding hydrogens is 340 g/mol. The first-order valence-electron chi connectivity index (χ1n) is 11.1. The summed E-state index contributed by atoms with van der Waals surface area (Å²) in [5.41, 5.74) is 0. The second-order valence-corrected chi connectivity index (χ2v) is 7.10. The van der Waals surface area contributed by atoms with Crippen molar-refractivity contribution in [1.82, 2.24) is 0 Å². The van der Waals surface area contributed by atoms with Crippen LogP contribution in [0.5, 0.6) is 0 Å². The Labute approximate surface area is 167 Å².